The summed E-state index contributed by atoms with van der Waals surface area (Å²) >= 11 is 0. The van der Waals surface area contributed by atoms with E-state index in [9.17, 15) is 4.39 Å². The van der Waals surface area contributed by atoms with Gasteiger partial charge in [-0.1, -0.05) is 0 Å². The lowest BCUT2D eigenvalue weighted by Crippen LogP contribution is -2.23. The molecule has 1 aromatic heterocycles. The molecule has 1 saturated heterocycles. The highest BCUT2D eigenvalue weighted by molar-refractivity contribution is 5.32. The van der Waals surface area contributed by atoms with E-state index in [0.717, 1.165) is 12.5 Å². The van der Waals surface area contributed by atoms with Crippen molar-refractivity contribution in [2.24, 2.45) is 7.05 Å². The Morgan fingerprint density at radius 2 is 2.50 bits per heavy atom. The highest BCUT2D eigenvalue weighted by Crippen LogP contribution is 2.18. The molecule has 0 unspecified atom stereocenters. The van der Waals surface area contributed by atoms with Crippen molar-refractivity contribution >= 4 is 5.95 Å². The van der Waals surface area contributed by atoms with Crippen molar-refractivity contribution in [3.8, 4) is 0 Å². The van der Waals surface area contributed by atoms with Gasteiger partial charge in [0.05, 0.1) is 6.54 Å². The normalized spacial score (nSPS) is 23.5. The van der Waals surface area contributed by atoms with Gasteiger partial charge in [0.25, 0.3) is 0 Å². The molecule has 66 valence electrons. The zero-order chi connectivity index (χ0) is 8.55. The second-order valence-electron chi connectivity index (χ2n) is 3.17. The summed E-state index contributed by atoms with van der Waals surface area (Å²) in [5.74, 6) is 0.871. The smallest absolute Gasteiger partial charge is 0.205 e. The van der Waals surface area contributed by atoms with Crippen LogP contribution in [0.1, 0.15) is 6.42 Å². The van der Waals surface area contributed by atoms with Crippen LogP contribution in [0.15, 0.2) is 12.4 Å². The standard InChI is InChI=1S/C8H12FN3/c1-11-5-3-10-8(11)12-4-2-7(9)6-12/h3,5,7H,2,4,6H2,1H3/t7-/m1/s1. The van der Waals surface area contributed by atoms with Crippen LogP contribution in [0.25, 0.3) is 0 Å². The van der Waals surface area contributed by atoms with E-state index < -0.39 is 6.17 Å². The van der Waals surface area contributed by atoms with E-state index in [4.69, 9.17) is 0 Å². The van der Waals surface area contributed by atoms with Crippen molar-refractivity contribution < 1.29 is 4.39 Å². The van der Waals surface area contributed by atoms with Gasteiger partial charge in [-0.25, -0.2) is 9.37 Å². The number of rotatable bonds is 1. The number of nitrogens with zero attached hydrogens (tertiary/aromatic N) is 3. The summed E-state index contributed by atoms with van der Waals surface area (Å²) < 4.78 is 14.7. The fourth-order valence-electron chi connectivity index (χ4n) is 1.56. The van der Waals surface area contributed by atoms with Gasteiger partial charge in [-0.05, 0) is 6.42 Å². The number of anilines is 1. The van der Waals surface area contributed by atoms with E-state index in [1.54, 1.807) is 6.20 Å². The van der Waals surface area contributed by atoms with Crippen LogP contribution in [0.5, 0.6) is 0 Å². The maximum absolute atomic E-state index is 12.8. The van der Waals surface area contributed by atoms with Crippen LogP contribution in [0, 0.1) is 0 Å². The summed E-state index contributed by atoms with van der Waals surface area (Å²) in [6, 6.07) is 0. The summed E-state index contributed by atoms with van der Waals surface area (Å²) in [5.41, 5.74) is 0. The molecule has 2 rings (SSSR count). The van der Waals surface area contributed by atoms with Crippen LogP contribution in [-0.4, -0.2) is 28.8 Å². The van der Waals surface area contributed by atoms with Gasteiger partial charge in [0.1, 0.15) is 6.17 Å². The van der Waals surface area contributed by atoms with Crippen LogP contribution in [0.3, 0.4) is 0 Å². The molecule has 1 aliphatic heterocycles. The Hall–Kier alpha value is -1.06. The lowest BCUT2D eigenvalue weighted by Gasteiger charge is -2.15. The minimum absolute atomic E-state index is 0.491. The lowest BCUT2D eigenvalue weighted by molar-refractivity contribution is 0.364. The third-order valence-electron chi connectivity index (χ3n) is 2.21. The molecule has 12 heavy (non-hydrogen) atoms. The fourth-order valence-corrected chi connectivity index (χ4v) is 1.56. The molecule has 0 aromatic carbocycles. The Morgan fingerprint density at radius 3 is 3.00 bits per heavy atom. The first-order chi connectivity index (χ1) is 5.77. The first-order valence-electron chi connectivity index (χ1n) is 4.13. The molecule has 1 aromatic rings. The molecule has 0 amide bonds. The highest BCUT2D eigenvalue weighted by Gasteiger charge is 2.23. The van der Waals surface area contributed by atoms with Gasteiger partial charge in [0.2, 0.25) is 5.95 Å². The number of hydrogen-bond acceptors (Lipinski definition) is 2. The molecule has 1 fully saturated rings. The Bertz CT molecular complexity index is 271. The molecule has 0 spiro atoms. The molecular weight excluding hydrogens is 157 g/mol. The van der Waals surface area contributed by atoms with Crippen molar-refractivity contribution in [1.82, 2.24) is 9.55 Å². The predicted molar refractivity (Wildman–Crippen MR) is 44.9 cm³/mol. The van der Waals surface area contributed by atoms with Crippen molar-refractivity contribution in [3.05, 3.63) is 12.4 Å². The monoisotopic (exact) mass is 169 g/mol. The summed E-state index contributed by atoms with van der Waals surface area (Å²) in [6.45, 7) is 1.27. The van der Waals surface area contributed by atoms with Gasteiger partial charge < -0.3 is 9.47 Å². The van der Waals surface area contributed by atoms with Gasteiger partial charge in [-0.15, -0.1) is 0 Å². The Kier molecular flexibility index (Phi) is 1.75. The van der Waals surface area contributed by atoms with Gasteiger partial charge in [0.15, 0.2) is 0 Å². The molecule has 1 atom stereocenters. The Labute approximate surface area is 70.8 Å². The molecule has 0 bridgehead atoms. The van der Waals surface area contributed by atoms with E-state index in [1.807, 2.05) is 22.7 Å². The summed E-state index contributed by atoms with van der Waals surface area (Å²) in [7, 11) is 1.92. The average molecular weight is 169 g/mol. The van der Waals surface area contributed by atoms with Crippen molar-refractivity contribution in [2.45, 2.75) is 12.6 Å². The van der Waals surface area contributed by atoms with E-state index in [0.29, 0.717) is 13.0 Å². The Morgan fingerprint density at radius 1 is 1.67 bits per heavy atom. The number of aromatic nitrogens is 2. The van der Waals surface area contributed by atoms with E-state index in [-0.39, 0.29) is 0 Å². The summed E-state index contributed by atoms with van der Waals surface area (Å²) in [6.07, 6.45) is 3.57. The van der Waals surface area contributed by atoms with Crippen LogP contribution in [0.2, 0.25) is 0 Å². The molecule has 4 heteroatoms. The van der Waals surface area contributed by atoms with Crippen molar-refractivity contribution in [2.75, 3.05) is 18.0 Å². The third-order valence-corrected chi connectivity index (χ3v) is 2.21. The molecule has 3 nitrogen and oxygen atoms in total. The molecule has 1 aliphatic rings. The average Bonchev–Trinajstić information content (AvgIpc) is 2.58. The number of alkyl halides is 1. The van der Waals surface area contributed by atoms with E-state index >= 15 is 0 Å². The first kappa shape index (κ1) is 7.58. The maximum Gasteiger partial charge on any atom is 0.205 e. The molecule has 0 radical (unpaired) electrons. The maximum atomic E-state index is 12.8. The minimum Gasteiger partial charge on any atom is -0.339 e. The van der Waals surface area contributed by atoms with Crippen molar-refractivity contribution in [1.29, 1.82) is 0 Å². The topological polar surface area (TPSA) is 21.1 Å². The van der Waals surface area contributed by atoms with Gasteiger partial charge in [-0.3, -0.25) is 0 Å². The van der Waals surface area contributed by atoms with Crippen LogP contribution >= 0.6 is 0 Å². The van der Waals surface area contributed by atoms with Crippen LogP contribution < -0.4 is 4.90 Å². The second-order valence-corrected chi connectivity index (χ2v) is 3.17. The molecule has 0 N–H and O–H groups in total. The predicted octanol–water partition coefficient (Wildman–Crippen LogP) is 0.968. The largest absolute Gasteiger partial charge is 0.339 e. The summed E-state index contributed by atoms with van der Waals surface area (Å²) in [5, 5.41) is 0. The molecule has 0 saturated carbocycles. The number of hydrogen-bond donors (Lipinski definition) is 0. The SMILES string of the molecule is Cn1ccnc1N1CC[C@@H](F)C1. The fraction of sp³-hybridized carbons (Fsp3) is 0.625. The van der Waals surface area contributed by atoms with E-state index in [2.05, 4.69) is 4.98 Å². The van der Waals surface area contributed by atoms with E-state index in [1.165, 1.54) is 0 Å². The zero-order valence-electron chi connectivity index (χ0n) is 7.07. The first-order valence-corrected chi connectivity index (χ1v) is 4.13. The minimum atomic E-state index is -0.679. The quantitative estimate of drug-likeness (QED) is 0.624. The lowest BCUT2D eigenvalue weighted by atomic mass is 10.3. The third kappa shape index (κ3) is 1.17. The van der Waals surface area contributed by atoms with Gasteiger partial charge >= 0.3 is 0 Å². The van der Waals surface area contributed by atoms with Crippen LogP contribution in [0.4, 0.5) is 10.3 Å². The van der Waals surface area contributed by atoms with Gasteiger partial charge in [0, 0.05) is 26.0 Å². The van der Waals surface area contributed by atoms with Crippen LogP contribution in [-0.2, 0) is 7.05 Å². The number of halogens is 1. The second kappa shape index (κ2) is 2.77. The molecule has 0 aliphatic carbocycles. The van der Waals surface area contributed by atoms with Crippen molar-refractivity contribution in [3.63, 3.8) is 0 Å². The highest BCUT2D eigenvalue weighted by atomic mass is 19.1. The number of imidazole rings is 1. The zero-order valence-corrected chi connectivity index (χ0v) is 7.07. The summed E-state index contributed by atoms with van der Waals surface area (Å²) in [4.78, 5) is 6.13. The molecular formula is C8H12FN3. The Balaban J connectivity index is 2.16. The van der Waals surface area contributed by atoms with Gasteiger partial charge in [-0.2, -0.15) is 0 Å². The molecule has 2 heterocycles. The number of aryl methyl sites for hydroxylation is 1.